The molecule has 2 aromatic carbocycles. The number of benzene rings is 2. The molecule has 0 aliphatic rings. The Labute approximate surface area is 143 Å². The van der Waals surface area contributed by atoms with Gasteiger partial charge in [-0.1, -0.05) is 58.5 Å². The van der Waals surface area contributed by atoms with Crippen LogP contribution in [0.15, 0.2) is 36.4 Å². The number of rotatable bonds is 5. The Kier molecular flexibility index (Phi) is 6.18. The summed E-state index contributed by atoms with van der Waals surface area (Å²) in [6.07, 6.45) is -0.359. The fourth-order valence-corrected chi connectivity index (χ4v) is 2.94. The Balaban J connectivity index is 2.16. The molecule has 21 heavy (non-hydrogen) atoms. The lowest BCUT2D eigenvalue weighted by Gasteiger charge is -2.19. The molecule has 2 aromatic rings. The maximum atomic E-state index is 6.18. The van der Waals surface area contributed by atoms with E-state index in [-0.39, 0.29) is 19.3 Å². The number of hydrogen-bond donors (Lipinski definition) is 1. The van der Waals surface area contributed by atoms with E-state index in [1.165, 1.54) is 0 Å². The highest BCUT2D eigenvalue weighted by Gasteiger charge is 2.16. The van der Waals surface area contributed by atoms with Gasteiger partial charge in [-0.2, -0.15) is 0 Å². The predicted molar refractivity (Wildman–Crippen MR) is 89.5 cm³/mol. The molecule has 6 heteroatoms. The van der Waals surface area contributed by atoms with Gasteiger partial charge in [-0.15, -0.1) is 0 Å². The van der Waals surface area contributed by atoms with Gasteiger partial charge in [0.1, 0.15) is 0 Å². The fourth-order valence-electron chi connectivity index (χ4n) is 1.90. The monoisotopic (exact) mass is 363 g/mol. The second-order valence-electron chi connectivity index (χ2n) is 4.40. The second kappa shape index (κ2) is 7.68. The average Bonchev–Trinajstić information content (AvgIpc) is 2.43. The second-order valence-corrected chi connectivity index (χ2v) is 6.06. The van der Waals surface area contributed by atoms with Gasteiger partial charge in [0.25, 0.3) is 0 Å². The van der Waals surface area contributed by atoms with E-state index in [2.05, 4.69) is 0 Å². The molecule has 0 aliphatic carbocycles. The van der Waals surface area contributed by atoms with Crippen LogP contribution in [0.25, 0.3) is 0 Å². The Morgan fingerprint density at radius 2 is 1.62 bits per heavy atom. The lowest BCUT2D eigenvalue weighted by Crippen LogP contribution is -2.16. The van der Waals surface area contributed by atoms with Gasteiger partial charge in [-0.3, -0.25) is 0 Å². The van der Waals surface area contributed by atoms with Gasteiger partial charge in [-0.05, 0) is 24.3 Å². The van der Waals surface area contributed by atoms with Crippen LogP contribution in [0.2, 0.25) is 20.1 Å². The summed E-state index contributed by atoms with van der Waals surface area (Å²) in [5, 5.41) is 2.19. The maximum absolute atomic E-state index is 6.18. The number of nitrogens with two attached hydrogens (primary N) is 1. The molecule has 2 rings (SSSR count). The molecule has 1 atom stereocenters. The zero-order valence-electron chi connectivity index (χ0n) is 11.0. The molecule has 0 aliphatic heterocycles. The summed E-state index contributed by atoms with van der Waals surface area (Å²) in [5.74, 6) is 0. The van der Waals surface area contributed by atoms with Crippen molar-refractivity contribution in [1.29, 1.82) is 0 Å². The predicted octanol–water partition coefficient (Wildman–Crippen LogP) is 5.52. The van der Waals surface area contributed by atoms with Crippen molar-refractivity contribution in [3.8, 4) is 0 Å². The van der Waals surface area contributed by atoms with E-state index in [0.717, 1.165) is 11.1 Å². The van der Waals surface area contributed by atoms with Gasteiger partial charge < -0.3 is 10.5 Å². The molecule has 0 saturated carbocycles. The van der Waals surface area contributed by atoms with E-state index >= 15 is 0 Å². The minimum atomic E-state index is -0.359. The molecule has 0 amide bonds. The molecule has 2 nitrogen and oxygen atoms in total. The van der Waals surface area contributed by atoms with Crippen molar-refractivity contribution >= 4 is 46.4 Å². The normalized spacial score (nSPS) is 12.4. The van der Waals surface area contributed by atoms with E-state index in [1.54, 1.807) is 36.4 Å². The molecule has 112 valence electrons. The van der Waals surface area contributed by atoms with E-state index in [4.69, 9.17) is 56.9 Å². The lowest BCUT2D eigenvalue weighted by atomic mass is 10.1. The summed E-state index contributed by atoms with van der Waals surface area (Å²) in [7, 11) is 0. The quantitative estimate of drug-likeness (QED) is 0.758. The van der Waals surface area contributed by atoms with Gasteiger partial charge in [-0.25, -0.2) is 0 Å². The first-order valence-corrected chi connectivity index (χ1v) is 7.73. The highest BCUT2D eigenvalue weighted by Crippen LogP contribution is 2.31. The average molecular weight is 365 g/mol. The van der Waals surface area contributed by atoms with Crippen LogP contribution in [0, 0.1) is 0 Å². The topological polar surface area (TPSA) is 35.2 Å². The van der Waals surface area contributed by atoms with Crippen LogP contribution in [0.4, 0.5) is 0 Å². The zero-order valence-corrected chi connectivity index (χ0v) is 14.0. The molecular formula is C15H13Cl4NO. The van der Waals surface area contributed by atoms with Gasteiger partial charge in [0.2, 0.25) is 0 Å². The molecule has 0 heterocycles. The van der Waals surface area contributed by atoms with Crippen LogP contribution < -0.4 is 5.73 Å². The van der Waals surface area contributed by atoms with Crippen molar-refractivity contribution in [2.45, 2.75) is 12.7 Å². The van der Waals surface area contributed by atoms with Crippen molar-refractivity contribution in [2.75, 3.05) is 6.54 Å². The van der Waals surface area contributed by atoms with Crippen LogP contribution in [0.3, 0.4) is 0 Å². The lowest BCUT2D eigenvalue weighted by molar-refractivity contribution is 0.0458. The van der Waals surface area contributed by atoms with Crippen molar-refractivity contribution in [3.05, 3.63) is 67.6 Å². The van der Waals surface area contributed by atoms with E-state index in [0.29, 0.717) is 20.1 Å². The molecule has 0 aromatic heterocycles. The smallest absolute Gasteiger partial charge is 0.0966 e. The molecule has 0 radical (unpaired) electrons. The standard InChI is InChI=1S/C15H13Cl4NO/c16-9-4-5-10(14(19)6-9)15(7-20)21-8-11-12(17)2-1-3-13(11)18/h1-6,15H,7-8,20H2/t15-/m1/s1. The van der Waals surface area contributed by atoms with Gasteiger partial charge in [0, 0.05) is 37.8 Å². The minimum absolute atomic E-state index is 0.249. The molecular weight excluding hydrogens is 352 g/mol. The van der Waals surface area contributed by atoms with E-state index in [9.17, 15) is 0 Å². The fraction of sp³-hybridized carbons (Fsp3) is 0.200. The Hall–Kier alpha value is -0.480. The first kappa shape index (κ1) is 16.9. The van der Waals surface area contributed by atoms with Gasteiger partial charge in [0.05, 0.1) is 12.7 Å². The summed E-state index contributed by atoms with van der Waals surface area (Å²) in [6, 6.07) is 10.5. The summed E-state index contributed by atoms with van der Waals surface area (Å²) in [5.41, 5.74) is 7.28. The first-order chi connectivity index (χ1) is 10.0. The van der Waals surface area contributed by atoms with Gasteiger partial charge in [0.15, 0.2) is 0 Å². The summed E-state index contributed by atoms with van der Waals surface area (Å²) in [6.45, 7) is 0.531. The molecule has 2 N–H and O–H groups in total. The molecule has 0 saturated heterocycles. The Bertz CT molecular complexity index is 613. The zero-order chi connectivity index (χ0) is 15.4. The van der Waals surface area contributed by atoms with Crippen molar-refractivity contribution in [3.63, 3.8) is 0 Å². The van der Waals surface area contributed by atoms with E-state index in [1.807, 2.05) is 0 Å². The van der Waals surface area contributed by atoms with Crippen LogP contribution in [-0.4, -0.2) is 6.54 Å². The number of hydrogen-bond acceptors (Lipinski definition) is 2. The Morgan fingerprint density at radius 1 is 0.952 bits per heavy atom. The summed E-state index contributed by atoms with van der Waals surface area (Å²) < 4.78 is 5.82. The highest BCUT2D eigenvalue weighted by atomic mass is 35.5. The molecule has 0 fully saturated rings. The maximum Gasteiger partial charge on any atom is 0.0966 e. The molecule has 0 unspecified atom stereocenters. The summed E-state index contributed by atoms with van der Waals surface area (Å²) in [4.78, 5) is 0. The third kappa shape index (κ3) is 4.26. The number of halogens is 4. The third-order valence-corrected chi connectivity index (χ3v) is 4.28. The van der Waals surface area contributed by atoms with E-state index < -0.39 is 0 Å². The summed E-state index contributed by atoms with van der Waals surface area (Å²) >= 11 is 24.3. The van der Waals surface area contributed by atoms with Crippen LogP contribution in [0.1, 0.15) is 17.2 Å². The molecule has 0 spiro atoms. The van der Waals surface area contributed by atoms with Crippen molar-refractivity contribution in [1.82, 2.24) is 0 Å². The molecule has 0 bridgehead atoms. The SMILES string of the molecule is NC[C@@H](OCc1c(Cl)cccc1Cl)c1ccc(Cl)cc1Cl. The van der Waals surface area contributed by atoms with Crippen LogP contribution in [-0.2, 0) is 11.3 Å². The van der Waals surface area contributed by atoms with Crippen molar-refractivity contribution < 1.29 is 4.74 Å². The largest absolute Gasteiger partial charge is 0.367 e. The number of ether oxygens (including phenoxy) is 1. The minimum Gasteiger partial charge on any atom is -0.367 e. The Morgan fingerprint density at radius 3 is 2.19 bits per heavy atom. The highest BCUT2D eigenvalue weighted by molar-refractivity contribution is 6.36. The van der Waals surface area contributed by atoms with Crippen molar-refractivity contribution in [2.24, 2.45) is 5.73 Å². The third-order valence-electron chi connectivity index (χ3n) is 3.01. The van der Waals surface area contributed by atoms with Crippen LogP contribution >= 0.6 is 46.4 Å². The van der Waals surface area contributed by atoms with Gasteiger partial charge >= 0.3 is 0 Å². The van der Waals surface area contributed by atoms with Crippen LogP contribution in [0.5, 0.6) is 0 Å². The first-order valence-electron chi connectivity index (χ1n) is 6.22.